The number of urea groups is 1. The number of aliphatic hydroxyl groups is 2. The van der Waals surface area contributed by atoms with Crippen LogP contribution in [0.2, 0.25) is 0 Å². The van der Waals surface area contributed by atoms with Crippen LogP contribution in [0.5, 0.6) is 5.75 Å². The van der Waals surface area contributed by atoms with Crippen molar-refractivity contribution in [1.29, 1.82) is 0 Å². The molecule has 1 fully saturated rings. The second kappa shape index (κ2) is 9.60. The lowest BCUT2D eigenvalue weighted by Gasteiger charge is -2.49. The lowest BCUT2D eigenvalue weighted by atomic mass is 9.79. The molecule has 43 heavy (non-hydrogen) atoms. The number of nitrogens with one attached hydrogen (secondary N) is 5. The normalized spacial score (nSPS) is 29.6. The van der Waals surface area contributed by atoms with Crippen molar-refractivity contribution in [2.45, 2.75) is 55.3 Å². The molecule has 0 aliphatic carbocycles. The summed E-state index contributed by atoms with van der Waals surface area (Å²) in [5.41, 5.74) is 11.7. The van der Waals surface area contributed by atoms with Gasteiger partial charge in [0.2, 0.25) is 5.79 Å². The lowest BCUT2D eigenvalue weighted by Crippen LogP contribution is -2.78. The van der Waals surface area contributed by atoms with Crippen molar-refractivity contribution in [3.8, 4) is 5.75 Å². The van der Waals surface area contributed by atoms with Gasteiger partial charge in [0.1, 0.15) is 23.5 Å². The van der Waals surface area contributed by atoms with Gasteiger partial charge in [0.25, 0.3) is 11.8 Å². The number of rotatable bonds is 5. The Morgan fingerprint density at radius 3 is 2.72 bits per heavy atom. The molecule has 1 saturated heterocycles. The van der Waals surface area contributed by atoms with Crippen LogP contribution in [-0.2, 0) is 10.2 Å². The molecule has 228 valence electrons. The molecular formula is C27H34N10O6. The minimum atomic E-state index is -2.67. The minimum absolute atomic E-state index is 0.0387. The van der Waals surface area contributed by atoms with E-state index >= 15 is 0 Å². The number of ether oxygens (including phenoxy) is 1. The zero-order valence-corrected chi connectivity index (χ0v) is 23.6. The van der Waals surface area contributed by atoms with Crippen molar-refractivity contribution >= 4 is 29.8 Å². The highest BCUT2D eigenvalue weighted by Gasteiger charge is 2.73. The summed E-state index contributed by atoms with van der Waals surface area (Å²) in [4.78, 5) is 48.4. The molecule has 11 N–H and O–H groups in total. The van der Waals surface area contributed by atoms with Crippen LogP contribution in [-0.4, -0.2) is 94.1 Å². The molecule has 0 radical (unpaired) electrons. The maximum Gasteiger partial charge on any atom is 0.323 e. The molecular weight excluding hydrogens is 560 g/mol. The van der Waals surface area contributed by atoms with Crippen molar-refractivity contribution in [2.24, 2.45) is 21.5 Å². The molecule has 0 bridgehead atoms. The number of nitrogens with zero attached hydrogens (tertiary/aromatic N) is 3. The number of hydrogen-bond donors (Lipinski definition) is 9. The topological polar surface area (TPSA) is 241 Å². The number of guanidine groups is 2. The number of para-hydroxylation sites is 1. The van der Waals surface area contributed by atoms with Crippen LogP contribution in [0.25, 0.3) is 0 Å². The summed E-state index contributed by atoms with van der Waals surface area (Å²) in [5.74, 6) is -3.59. The Labute approximate surface area is 246 Å². The first-order valence-electron chi connectivity index (χ1n) is 13.8. The molecule has 1 unspecified atom stereocenters. The van der Waals surface area contributed by atoms with Crippen molar-refractivity contribution in [2.75, 3.05) is 19.7 Å². The Morgan fingerprint density at radius 2 is 1.98 bits per heavy atom. The van der Waals surface area contributed by atoms with Crippen LogP contribution in [0, 0.1) is 0 Å². The zero-order chi connectivity index (χ0) is 30.9. The first kappa shape index (κ1) is 28.3. The van der Waals surface area contributed by atoms with E-state index in [2.05, 4.69) is 57.0 Å². The number of nitrogens with two attached hydrogens (primary N) is 2. The van der Waals surface area contributed by atoms with Gasteiger partial charge in [0.15, 0.2) is 17.6 Å². The van der Waals surface area contributed by atoms with Crippen molar-refractivity contribution in [3.63, 3.8) is 0 Å². The highest BCUT2D eigenvalue weighted by Crippen LogP contribution is 2.45. The fraction of sp³-hybridized carbons (Fsp3) is 0.444. The number of aliphatic imine (C=N–C) groups is 2. The van der Waals surface area contributed by atoms with Gasteiger partial charge in [-0.25, -0.2) is 14.8 Å². The van der Waals surface area contributed by atoms with E-state index in [-0.39, 0.29) is 47.4 Å². The lowest BCUT2D eigenvalue weighted by molar-refractivity contribution is -0.230. The summed E-state index contributed by atoms with van der Waals surface area (Å²) < 4.78 is 5.88. The van der Waals surface area contributed by atoms with Crippen LogP contribution in [0.1, 0.15) is 36.2 Å². The molecule has 16 nitrogen and oxygen atoms in total. The second-order valence-corrected chi connectivity index (χ2v) is 11.8. The highest BCUT2D eigenvalue weighted by molar-refractivity contribution is 6.00. The fourth-order valence-corrected chi connectivity index (χ4v) is 6.40. The Bertz CT molecular complexity index is 1530. The fourth-order valence-electron chi connectivity index (χ4n) is 6.40. The average Bonchev–Trinajstić information content (AvgIpc) is 3.40. The number of carbonyl (C=O) groups excluding carboxylic acids is 3. The van der Waals surface area contributed by atoms with Gasteiger partial charge in [-0.2, -0.15) is 0 Å². The molecule has 0 aromatic heterocycles. The van der Waals surface area contributed by atoms with E-state index in [4.69, 9.17) is 16.2 Å². The van der Waals surface area contributed by atoms with Crippen molar-refractivity contribution in [1.82, 2.24) is 31.5 Å². The summed E-state index contributed by atoms with van der Waals surface area (Å²) in [7, 11) is 0. The standard InChI is InChI=1S/C27H34N10O6/c1-12-9-15(33-24(40)31-12)21(39)30-10-16-19-26(36-22(28)35-19)27(41,42)17(11-37(26)23(29)32-16)34-20(38)13-5-4-6-14-18(13)43-8-7-25(14,2)3/h4-6,9,16-17,19,41-42H,1,7-8,10-11H2,2-3H3,(H2,29,32)(H,30,39)(H,34,38)(H3,28,35,36)(H2,31,33,40)/t16-,17?,19-,26-/m0/s1. The Morgan fingerprint density at radius 1 is 1.21 bits per heavy atom. The van der Waals surface area contributed by atoms with Gasteiger partial charge in [-0.3, -0.25) is 9.59 Å². The molecule has 5 aliphatic heterocycles. The molecule has 1 aromatic carbocycles. The molecule has 1 spiro atoms. The van der Waals surface area contributed by atoms with E-state index in [1.54, 1.807) is 12.1 Å². The quantitative estimate of drug-likeness (QED) is 0.160. The maximum atomic E-state index is 13.6. The smallest absolute Gasteiger partial charge is 0.323 e. The van der Waals surface area contributed by atoms with Crippen LogP contribution < -0.4 is 42.8 Å². The van der Waals surface area contributed by atoms with E-state index in [1.807, 2.05) is 6.07 Å². The number of fused-ring (bicyclic) bond motifs is 1. The minimum Gasteiger partial charge on any atom is -0.492 e. The van der Waals surface area contributed by atoms with Crippen molar-refractivity contribution < 1.29 is 29.3 Å². The van der Waals surface area contributed by atoms with Gasteiger partial charge in [-0.15, -0.1) is 0 Å². The maximum absolute atomic E-state index is 13.6. The highest BCUT2D eigenvalue weighted by atomic mass is 16.5. The van der Waals surface area contributed by atoms with E-state index < -0.39 is 47.4 Å². The van der Waals surface area contributed by atoms with Crippen molar-refractivity contribution in [3.05, 3.63) is 53.4 Å². The van der Waals surface area contributed by atoms with E-state index in [9.17, 15) is 24.6 Å². The summed E-state index contributed by atoms with van der Waals surface area (Å²) >= 11 is 0. The van der Waals surface area contributed by atoms with Gasteiger partial charge < -0.3 is 57.9 Å². The summed E-state index contributed by atoms with van der Waals surface area (Å²) in [5, 5.41) is 36.5. The van der Waals surface area contributed by atoms with Gasteiger partial charge >= 0.3 is 6.03 Å². The van der Waals surface area contributed by atoms with Crippen LogP contribution >= 0.6 is 0 Å². The summed E-state index contributed by atoms with van der Waals surface area (Å²) in [6.07, 6.45) is 2.15. The molecule has 6 rings (SSSR count). The van der Waals surface area contributed by atoms with Gasteiger partial charge in [-0.05, 0) is 24.0 Å². The van der Waals surface area contributed by atoms with E-state index in [1.165, 1.54) is 11.0 Å². The monoisotopic (exact) mass is 594 g/mol. The Hall–Kier alpha value is -4.83. The Kier molecular flexibility index (Phi) is 6.32. The van der Waals surface area contributed by atoms with E-state index in [0.29, 0.717) is 12.4 Å². The SMILES string of the molecule is C=C1C=C(C(=O)NC[C@@H]2N=C(N)N3CC(NC(=O)c4cccc5c4OCCC5(C)C)C(O)(O)[C@@]34NC(N)=N[C@@H]24)NC(=O)N1. The predicted octanol–water partition coefficient (Wildman–Crippen LogP) is -2.65. The second-order valence-electron chi connectivity index (χ2n) is 11.8. The average molecular weight is 595 g/mol. The number of amides is 4. The predicted molar refractivity (Wildman–Crippen MR) is 153 cm³/mol. The molecule has 5 heterocycles. The number of hydrogen-bond acceptors (Lipinski definition) is 12. The first-order valence-corrected chi connectivity index (χ1v) is 13.8. The number of benzene rings is 1. The Balaban J connectivity index is 1.25. The third kappa shape index (κ3) is 4.32. The number of carbonyl (C=O) groups is 3. The zero-order valence-electron chi connectivity index (χ0n) is 23.6. The summed E-state index contributed by atoms with van der Waals surface area (Å²) in [6.45, 7) is 7.92. The third-order valence-corrected chi connectivity index (χ3v) is 8.63. The van der Waals surface area contributed by atoms with Gasteiger partial charge in [-0.1, -0.05) is 32.6 Å². The molecule has 16 heteroatoms. The van der Waals surface area contributed by atoms with Crippen LogP contribution in [0.3, 0.4) is 0 Å². The van der Waals surface area contributed by atoms with E-state index in [0.717, 1.165) is 12.0 Å². The van der Waals surface area contributed by atoms with Gasteiger partial charge in [0, 0.05) is 24.4 Å². The molecule has 4 atom stereocenters. The molecule has 1 aromatic rings. The molecule has 4 amide bonds. The number of allylic oxidation sites excluding steroid dienone is 1. The largest absolute Gasteiger partial charge is 0.492 e. The first-order chi connectivity index (χ1) is 20.2. The van der Waals surface area contributed by atoms with Gasteiger partial charge in [0.05, 0.1) is 18.2 Å². The third-order valence-electron chi connectivity index (χ3n) is 8.63. The summed E-state index contributed by atoms with van der Waals surface area (Å²) in [6, 6.07) is 1.47. The van der Waals surface area contributed by atoms with Crippen LogP contribution in [0.4, 0.5) is 4.79 Å². The van der Waals surface area contributed by atoms with Crippen LogP contribution in [0.15, 0.2) is 52.2 Å². The molecule has 0 saturated carbocycles. The molecule has 5 aliphatic rings.